The maximum absolute atomic E-state index is 12.4. The number of aryl methyl sites for hydroxylation is 2. The highest BCUT2D eigenvalue weighted by atomic mass is 32.2. The topological polar surface area (TPSA) is 79.2 Å². The van der Waals surface area contributed by atoms with Gasteiger partial charge < -0.3 is 14.3 Å². The lowest BCUT2D eigenvalue weighted by atomic mass is 10.3. The first-order valence-electron chi connectivity index (χ1n) is 6.90. The third-order valence-electron chi connectivity index (χ3n) is 3.05. The third-order valence-corrected chi connectivity index (χ3v) is 4.02. The van der Waals surface area contributed by atoms with E-state index in [-0.39, 0.29) is 16.7 Å². The summed E-state index contributed by atoms with van der Waals surface area (Å²) in [7, 11) is 1.73. The van der Waals surface area contributed by atoms with Crippen LogP contribution in [0.25, 0.3) is 0 Å². The van der Waals surface area contributed by atoms with Crippen LogP contribution in [0.15, 0.2) is 32.6 Å². The molecule has 0 saturated heterocycles. The average Bonchev–Trinajstić information content (AvgIpc) is 2.81. The Kier molecular flexibility index (Phi) is 5.07. The van der Waals surface area contributed by atoms with Crippen LogP contribution >= 0.6 is 11.8 Å². The fourth-order valence-electron chi connectivity index (χ4n) is 2.02. The van der Waals surface area contributed by atoms with Gasteiger partial charge in [-0.05, 0) is 32.9 Å². The number of hydrogen-bond acceptors (Lipinski definition) is 5. The maximum Gasteiger partial charge on any atom is 0.251 e. The lowest BCUT2D eigenvalue weighted by Crippen LogP contribution is -2.32. The zero-order valence-corrected chi connectivity index (χ0v) is 13.9. The summed E-state index contributed by atoms with van der Waals surface area (Å²) in [6.07, 6.45) is 0. The Hall–Kier alpha value is -2.02. The molecule has 2 aromatic heterocycles. The molecule has 0 bridgehead atoms. The Balaban J connectivity index is 2.00. The summed E-state index contributed by atoms with van der Waals surface area (Å²) in [5.74, 6) is 1.51. The number of carbonyl (C=O) groups is 1. The van der Waals surface area contributed by atoms with Crippen molar-refractivity contribution in [1.82, 2.24) is 14.9 Å². The van der Waals surface area contributed by atoms with E-state index in [0.29, 0.717) is 17.4 Å². The maximum atomic E-state index is 12.4. The van der Waals surface area contributed by atoms with Gasteiger partial charge in [-0.15, -0.1) is 0 Å². The molecule has 118 valence electrons. The molecule has 0 aliphatic carbocycles. The van der Waals surface area contributed by atoms with Gasteiger partial charge >= 0.3 is 0 Å². The van der Waals surface area contributed by atoms with Crippen LogP contribution in [-0.2, 0) is 11.3 Å². The normalized spacial score (nSPS) is 12.2. The van der Waals surface area contributed by atoms with Gasteiger partial charge in [-0.1, -0.05) is 11.8 Å². The van der Waals surface area contributed by atoms with Gasteiger partial charge in [0.1, 0.15) is 11.5 Å². The van der Waals surface area contributed by atoms with E-state index in [9.17, 15) is 9.59 Å². The van der Waals surface area contributed by atoms with Gasteiger partial charge in [-0.3, -0.25) is 9.59 Å². The molecule has 1 N–H and O–H groups in total. The van der Waals surface area contributed by atoms with E-state index in [0.717, 1.165) is 11.5 Å². The molecule has 2 heterocycles. The largest absolute Gasteiger partial charge is 0.464 e. The molecule has 0 aliphatic heterocycles. The number of rotatable bonds is 5. The minimum Gasteiger partial charge on any atom is -0.464 e. The first kappa shape index (κ1) is 16.4. The Bertz CT molecular complexity index is 723. The van der Waals surface area contributed by atoms with E-state index >= 15 is 0 Å². The van der Waals surface area contributed by atoms with Crippen molar-refractivity contribution < 1.29 is 9.21 Å². The summed E-state index contributed by atoms with van der Waals surface area (Å²) in [5.41, 5.74) is 0.416. The monoisotopic (exact) mass is 321 g/mol. The quantitative estimate of drug-likeness (QED) is 0.674. The Morgan fingerprint density at radius 2 is 2.18 bits per heavy atom. The summed E-state index contributed by atoms with van der Waals surface area (Å²) in [6, 6.07) is 5.14. The second kappa shape index (κ2) is 6.83. The van der Waals surface area contributed by atoms with Crippen LogP contribution in [-0.4, -0.2) is 33.1 Å². The Morgan fingerprint density at radius 1 is 1.45 bits per heavy atom. The molecule has 0 spiro atoms. The molecule has 6 nitrogen and oxygen atoms in total. The Labute approximate surface area is 132 Å². The second-order valence-electron chi connectivity index (χ2n) is 5.16. The summed E-state index contributed by atoms with van der Waals surface area (Å²) in [5, 5.41) is 0.0964. The van der Waals surface area contributed by atoms with Crippen molar-refractivity contribution in [2.45, 2.75) is 37.7 Å². The highest BCUT2D eigenvalue weighted by Crippen LogP contribution is 2.20. The molecule has 1 atom stereocenters. The zero-order valence-electron chi connectivity index (χ0n) is 13.0. The van der Waals surface area contributed by atoms with Crippen LogP contribution in [0.3, 0.4) is 0 Å². The average molecular weight is 321 g/mol. The van der Waals surface area contributed by atoms with Crippen molar-refractivity contribution in [3.63, 3.8) is 0 Å². The Morgan fingerprint density at radius 3 is 2.77 bits per heavy atom. The van der Waals surface area contributed by atoms with Crippen molar-refractivity contribution in [2.24, 2.45) is 0 Å². The predicted molar refractivity (Wildman–Crippen MR) is 84.8 cm³/mol. The van der Waals surface area contributed by atoms with Crippen molar-refractivity contribution >= 4 is 17.7 Å². The molecule has 0 fully saturated rings. The number of furan rings is 1. The summed E-state index contributed by atoms with van der Waals surface area (Å²) >= 11 is 1.24. The molecule has 1 amide bonds. The van der Waals surface area contributed by atoms with E-state index in [4.69, 9.17) is 4.42 Å². The molecule has 0 radical (unpaired) electrons. The van der Waals surface area contributed by atoms with Crippen molar-refractivity contribution in [2.75, 3.05) is 7.05 Å². The number of carbonyl (C=O) groups excluding carboxylic acids is 1. The van der Waals surface area contributed by atoms with Gasteiger partial charge in [0.05, 0.1) is 11.8 Å². The first-order valence-corrected chi connectivity index (χ1v) is 7.78. The van der Waals surface area contributed by atoms with Crippen molar-refractivity contribution in [3.05, 3.63) is 45.8 Å². The summed E-state index contributed by atoms with van der Waals surface area (Å²) in [4.78, 5) is 32.3. The second-order valence-corrected chi connectivity index (χ2v) is 6.49. The number of amides is 1. The third kappa shape index (κ3) is 4.24. The number of hydrogen-bond donors (Lipinski definition) is 1. The zero-order chi connectivity index (χ0) is 16.3. The van der Waals surface area contributed by atoms with Gasteiger partial charge in [-0.2, -0.15) is 0 Å². The van der Waals surface area contributed by atoms with E-state index in [1.54, 1.807) is 25.8 Å². The fourth-order valence-corrected chi connectivity index (χ4v) is 2.99. The van der Waals surface area contributed by atoms with Crippen LogP contribution in [0.5, 0.6) is 0 Å². The molecule has 0 aliphatic rings. The number of nitrogens with one attached hydrogen (secondary N) is 1. The summed E-state index contributed by atoms with van der Waals surface area (Å²) < 4.78 is 5.47. The van der Waals surface area contributed by atoms with E-state index < -0.39 is 0 Å². The number of aromatic nitrogens is 2. The van der Waals surface area contributed by atoms with Crippen LogP contribution in [0.4, 0.5) is 0 Å². The van der Waals surface area contributed by atoms with Crippen molar-refractivity contribution in [3.8, 4) is 0 Å². The molecule has 2 rings (SSSR count). The standard InChI is InChI=1S/C15H19N3O3S/c1-9-7-13(19)17-15(16-9)22-11(3)14(20)18(4)8-12-6-5-10(2)21-12/h5-7,11H,8H2,1-4H3,(H,16,17,19)/t11-/m0/s1. The molecule has 0 unspecified atom stereocenters. The SMILES string of the molecule is Cc1cc(=O)[nH]c(S[C@@H](C)C(=O)N(C)Cc2ccc(C)o2)n1. The van der Waals surface area contributed by atoms with Gasteiger partial charge in [0.2, 0.25) is 5.91 Å². The molecule has 7 heteroatoms. The van der Waals surface area contributed by atoms with Crippen LogP contribution < -0.4 is 5.56 Å². The van der Waals surface area contributed by atoms with E-state index in [1.165, 1.54) is 17.8 Å². The number of nitrogens with zero attached hydrogens (tertiary/aromatic N) is 2. The van der Waals surface area contributed by atoms with Gasteiger partial charge in [-0.25, -0.2) is 4.98 Å². The molecule has 22 heavy (non-hydrogen) atoms. The van der Waals surface area contributed by atoms with Crippen LogP contribution in [0, 0.1) is 13.8 Å². The molecule has 0 aromatic carbocycles. The fraction of sp³-hybridized carbons (Fsp3) is 0.400. The van der Waals surface area contributed by atoms with Gasteiger partial charge in [0, 0.05) is 18.8 Å². The van der Waals surface area contributed by atoms with Crippen LogP contribution in [0.2, 0.25) is 0 Å². The number of H-pyrrole nitrogens is 1. The number of aromatic amines is 1. The minimum atomic E-state index is -0.356. The molecule has 0 saturated carbocycles. The van der Waals surface area contributed by atoms with E-state index in [2.05, 4.69) is 9.97 Å². The highest BCUT2D eigenvalue weighted by molar-refractivity contribution is 8.00. The van der Waals surface area contributed by atoms with Gasteiger partial charge in [0.25, 0.3) is 5.56 Å². The van der Waals surface area contributed by atoms with Gasteiger partial charge in [0.15, 0.2) is 5.16 Å². The number of thioether (sulfide) groups is 1. The predicted octanol–water partition coefficient (Wildman–Crippen LogP) is 2.12. The molecule has 2 aromatic rings. The minimum absolute atomic E-state index is 0.0526. The van der Waals surface area contributed by atoms with Crippen LogP contribution in [0.1, 0.15) is 24.1 Å². The smallest absolute Gasteiger partial charge is 0.251 e. The molecular weight excluding hydrogens is 302 g/mol. The first-order chi connectivity index (χ1) is 10.3. The summed E-state index contributed by atoms with van der Waals surface area (Å²) in [6.45, 7) is 5.81. The molecular formula is C15H19N3O3S. The lowest BCUT2D eigenvalue weighted by Gasteiger charge is -2.19. The lowest BCUT2D eigenvalue weighted by molar-refractivity contribution is -0.129. The van der Waals surface area contributed by atoms with E-state index in [1.807, 2.05) is 19.1 Å². The van der Waals surface area contributed by atoms with Crippen molar-refractivity contribution in [1.29, 1.82) is 0 Å². The highest BCUT2D eigenvalue weighted by Gasteiger charge is 2.20.